The molecule has 0 bridgehead atoms. The minimum Gasteiger partial charge on any atom is -0.459 e. The highest BCUT2D eigenvalue weighted by Gasteiger charge is 2.17. The summed E-state index contributed by atoms with van der Waals surface area (Å²) in [6.07, 6.45) is 4.14. The van der Waals surface area contributed by atoms with Crippen molar-refractivity contribution in [2.45, 2.75) is 19.4 Å². The average Bonchev–Trinajstić information content (AvgIpc) is 2.77. The molecule has 2 heterocycles. The van der Waals surface area contributed by atoms with Crippen molar-refractivity contribution in [1.29, 1.82) is 0 Å². The van der Waals surface area contributed by atoms with Crippen molar-refractivity contribution < 1.29 is 8.81 Å². The van der Waals surface area contributed by atoms with E-state index in [1.165, 1.54) is 12.1 Å². The number of pyridine rings is 1. The fourth-order valence-corrected chi connectivity index (χ4v) is 2.43. The van der Waals surface area contributed by atoms with E-state index in [2.05, 4.69) is 4.98 Å². The van der Waals surface area contributed by atoms with E-state index in [9.17, 15) is 4.39 Å². The van der Waals surface area contributed by atoms with Crippen molar-refractivity contribution in [2.24, 2.45) is 5.73 Å². The Labute approximate surface area is 116 Å². The van der Waals surface area contributed by atoms with Crippen molar-refractivity contribution in [3.8, 4) is 0 Å². The molecule has 1 aromatic carbocycles. The van der Waals surface area contributed by atoms with Gasteiger partial charge in [-0.15, -0.1) is 0 Å². The fourth-order valence-electron chi connectivity index (χ4n) is 2.43. The Morgan fingerprint density at radius 1 is 1.25 bits per heavy atom. The van der Waals surface area contributed by atoms with Crippen LogP contribution < -0.4 is 5.73 Å². The molecule has 102 valence electrons. The van der Waals surface area contributed by atoms with Crippen LogP contribution in [0.3, 0.4) is 0 Å². The summed E-state index contributed by atoms with van der Waals surface area (Å²) in [5, 5.41) is 0.783. The second-order valence-electron chi connectivity index (χ2n) is 4.90. The normalized spacial score (nSPS) is 12.8. The van der Waals surface area contributed by atoms with Gasteiger partial charge in [0.05, 0.1) is 6.04 Å². The van der Waals surface area contributed by atoms with Gasteiger partial charge in [0.25, 0.3) is 0 Å². The lowest BCUT2D eigenvalue weighted by molar-refractivity contribution is 0.490. The van der Waals surface area contributed by atoms with Gasteiger partial charge in [0, 0.05) is 23.3 Å². The summed E-state index contributed by atoms with van der Waals surface area (Å²) < 4.78 is 19.1. The monoisotopic (exact) mass is 270 g/mol. The Morgan fingerprint density at radius 2 is 2.00 bits per heavy atom. The molecule has 0 spiro atoms. The number of halogens is 1. The molecular formula is C16H15FN2O. The third-order valence-corrected chi connectivity index (χ3v) is 3.48. The van der Waals surface area contributed by atoms with Crippen LogP contribution in [-0.2, 0) is 6.42 Å². The largest absolute Gasteiger partial charge is 0.459 e. The summed E-state index contributed by atoms with van der Waals surface area (Å²) in [6, 6.07) is 8.11. The Hall–Kier alpha value is -2.20. The van der Waals surface area contributed by atoms with Crippen molar-refractivity contribution in [2.75, 3.05) is 0 Å². The molecule has 3 nitrogen and oxygen atoms in total. The van der Waals surface area contributed by atoms with Gasteiger partial charge in [-0.05, 0) is 49.2 Å². The van der Waals surface area contributed by atoms with Crippen LogP contribution in [0.4, 0.5) is 4.39 Å². The van der Waals surface area contributed by atoms with Gasteiger partial charge in [-0.3, -0.25) is 4.98 Å². The lowest BCUT2D eigenvalue weighted by atomic mass is 10.0. The number of hydrogen-bond acceptors (Lipinski definition) is 3. The molecule has 2 aromatic heterocycles. The summed E-state index contributed by atoms with van der Waals surface area (Å²) in [5.41, 5.74) is 8.89. The zero-order chi connectivity index (χ0) is 14.1. The van der Waals surface area contributed by atoms with Gasteiger partial charge in [0.15, 0.2) is 0 Å². The number of fused-ring (bicyclic) bond motifs is 1. The van der Waals surface area contributed by atoms with E-state index in [1.807, 2.05) is 19.1 Å². The Balaban J connectivity index is 1.95. The van der Waals surface area contributed by atoms with E-state index < -0.39 is 0 Å². The van der Waals surface area contributed by atoms with E-state index in [1.54, 1.807) is 18.5 Å². The third-order valence-electron chi connectivity index (χ3n) is 3.48. The number of rotatable bonds is 3. The van der Waals surface area contributed by atoms with Gasteiger partial charge in [0.2, 0.25) is 0 Å². The minimum atomic E-state index is -0.268. The molecule has 0 aliphatic rings. The van der Waals surface area contributed by atoms with Crippen molar-refractivity contribution >= 4 is 11.0 Å². The molecular weight excluding hydrogens is 255 g/mol. The van der Waals surface area contributed by atoms with Crippen LogP contribution in [0.15, 0.2) is 47.1 Å². The molecule has 0 saturated heterocycles. The highest BCUT2D eigenvalue weighted by molar-refractivity contribution is 5.82. The topological polar surface area (TPSA) is 52.0 Å². The van der Waals surface area contributed by atoms with Gasteiger partial charge in [0.1, 0.15) is 17.2 Å². The summed E-state index contributed by atoms with van der Waals surface area (Å²) in [7, 11) is 0. The second-order valence-corrected chi connectivity index (χ2v) is 4.90. The molecule has 0 aliphatic carbocycles. The first-order valence-corrected chi connectivity index (χ1v) is 6.48. The Bertz CT molecular complexity index is 737. The summed E-state index contributed by atoms with van der Waals surface area (Å²) in [4.78, 5) is 3.98. The molecule has 0 fully saturated rings. The zero-order valence-electron chi connectivity index (χ0n) is 11.1. The van der Waals surface area contributed by atoms with E-state index >= 15 is 0 Å². The van der Waals surface area contributed by atoms with Crippen molar-refractivity contribution in [3.05, 3.63) is 65.4 Å². The summed E-state index contributed by atoms with van der Waals surface area (Å²) in [6.45, 7) is 1.91. The maximum Gasteiger partial charge on any atom is 0.134 e. The van der Waals surface area contributed by atoms with Crippen molar-refractivity contribution in [1.82, 2.24) is 4.98 Å². The number of nitrogens with zero attached hydrogens (tertiary/aromatic N) is 1. The standard InChI is InChI=1S/C16H15FN2O/c1-10-13-9-12(17)2-3-15(13)20-16(10)14(18)8-11-4-6-19-7-5-11/h2-7,9,14H,8,18H2,1H3. The molecule has 0 radical (unpaired) electrons. The molecule has 20 heavy (non-hydrogen) atoms. The smallest absolute Gasteiger partial charge is 0.134 e. The molecule has 1 atom stereocenters. The first-order valence-electron chi connectivity index (χ1n) is 6.48. The number of nitrogens with two attached hydrogens (primary N) is 1. The maximum absolute atomic E-state index is 13.3. The predicted octanol–water partition coefficient (Wildman–Crippen LogP) is 3.52. The first kappa shape index (κ1) is 12.8. The van der Waals surface area contributed by atoms with Crippen molar-refractivity contribution in [3.63, 3.8) is 0 Å². The molecule has 0 amide bonds. The van der Waals surface area contributed by atoms with E-state index in [4.69, 9.17) is 10.2 Å². The number of aryl methyl sites for hydroxylation is 1. The SMILES string of the molecule is Cc1c(C(N)Cc2ccncc2)oc2ccc(F)cc12. The minimum absolute atomic E-state index is 0.257. The van der Waals surface area contributed by atoms with Gasteiger partial charge >= 0.3 is 0 Å². The molecule has 0 aliphatic heterocycles. The van der Waals surface area contributed by atoms with E-state index in [-0.39, 0.29) is 11.9 Å². The van der Waals surface area contributed by atoms with Crippen LogP contribution in [0.1, 0.15) is 22.9 Å². The van der Waals surface area contributed by atoms with E-state index in [0.29, 0.717) is 17.8 Å². The average molecular weight is 270 g/mol. The van der Waals surface area contributed by atoms with Crippen LogP contribution in [0, 0.1) is 12.7 Å². The predicted molar refractivity (Wildman–Crippen MR) is 75.8 cm³/mol. The maximum atomic E-state index is 13.3. The summed E-state index contributed by atoms with van der Waals surface area (Å²) >= 11 is 0. The third kappa shape index (κ3) is 2.30. The molecule has 1 unspecified atom stereocenters. The molecule has 0 saturated carbocycles. The lowest BCUT2D eigenvalue weighted by Gasteiger charge is -2.09. The fraction of sp³-hybridized carbons (Fsp3) is 0.188. The highest BCUT2D eigenvalue weighted by atomic mass is 19.1. The molecule has 4 heteroatoms. The zero-order valence-corrected chi connectivity index (χ0v) is 11.1. The quantitative estimate of drug-likeness (QED) is 0.792. The number of furan rings is 1. The molecule has 3 aromatic rings. The van der Waals surface area contributed by atoms with E-state index in [0.717, 1.165) is 16.5 Å². The highest BCUT2D eigenvalue weighted by Crippen LogP contribution is 2.30. The van der Waals surface area contributed by atoms with Crippen LogP contribution >= 0.6 is 0 Å². The lowest BCUT2D eigenvalue weighted by Crippen LogP contribution is -2.13. The molecule has 2 N–H and O–H groups in total. The van der Waals surface area contributed by atoms with Crippen LogP contribution in [0.25, 0.3) is 11.0 Å². The first-order chi connectivity index (χ1) is 9.65. The molecule has 3 rings (SSSR count). The second kappa shape index (κ2) is 5.06. The van der Waals surface area contributed by atoms with Crippen LogP contribution in [-0.4, -0.2) is 4.98 Å². The Kier molecular flexibility index (Phi) is 3.24. The van der Waals surface area contributed by atoms with Gasteiger partial charge in [-0.2, -0.15) is 0 Å². The Morgan fingerprint density at radius 3 is 2.75 bits per heavy atom. The summed E-state index contributed by atoms with van der Waals surface area (Å²) in [5.74, 6) is 0.443. The van der Waals surface area contributed by atoms with Crippen LogP contribution in [0.5, 0.6) is 0 Å². The van der Waals surface area contributed by atoms with Gasteiger partial charge in [-0.25, -0.2) is 4.39 Å². The number of benzene rings is 1. The van der Waals surface area contributed by atoms with Gasteiger partial charge < -0.3 is 10.2 Å². The van der Waals surface area contributed by atoms with Crippen LogP contribution in [0.2, 0.25) is 0 Å². The number of hydrogen-bond donors (Lipinski definition) is 1. The number of aromatic nitrogens is 1. The van der Waals surface area contributed by atoms with Gasteiger partial charge in [-0.1, -0.05) is 0 Å².